The number of ether oxygens (including phenoxy) is 1. The summed E-state index contributed by atoms with van der Waals surface area (Å²) in [6.07, 6.45) is -0.688. The average molecular weight is 359 g/mol. The highest BCUT2D eigenvalue weighted by Crippen LogP contribution is 2.32. The lowest BCUT2D eigenvalue weighted by molar-refractivity contribution is -0.122. The Labute approximate surface area is 144 Å². The standard InChI is InChI=1S/C16H14Cl3NO2/c1-9-5-3-4-6-15(9)22-10(2)16(21)20-14-8-12(18)11(17)7-13(14)19/h3-8,10H,1-2H3,(H,20,21)/t10-/m0/s1. The molecule has 0 aliphatic rings. The minimum absolute atomic E-state index is 0.311. The summed E-state index contributed by atoms with van der Waals surface area (Å²) in [5, 5.41) is 3.63. The Morgan fingerprint density at radius 3 is 2.41 bits per heavy atom. The lowest BCUT2D eigenvalue weighted by Crippen LogP contribution is -2.30. The number of halogens is 3. The van der Waals surface area contributed by atoms with Gasteiger partial charge in [-0.15, -0.1) is 0 Å². The molecule has 22 heavy (non-hydrogen) atoms. The molecule has 1 amide bonds. The van der Waals surface area contributed by atoms with Gasteiger partial charge in [-0.05, 0) is 37.6 Å². The number of hydrogen-bond acceptors (Lipinski definition) is 2. The third kappa shape index (κ3) is 4.07. The van der Waals surface area contributed by atoms with Crippen LogP contribution in [-0.2, 0) is 4.79 Å². The van der Waals surface area contributed by atoms with Crippen molar-refractivity contribution in [3.8, 4) is 5.75 Å². The molecule has 0 radical (unpaired) electrons. The summed E-state index contributed by atoms with van der Waals surface area (Å²) in [5.74, 6) is 0.328. The molecule has 0 aromatic heterocycles. The summed E-state index contributed by atoms with van der Waals surface area (Å²) in [6, 6.07) is 10.5. The molecule has 3 nitrogen and oxygen atoms in total. The van der Waals surface area contributed by atoms with Gasteiger partial charge in [0, 0.05) is 0 Å². The SMILES string of the molecule is Cc1ccccc1O[C@@H](C)C(=O)Nc1cc(Cl)c(Cl)cc1Cl. The summed E-state index contributed by atoms with van der Waals surface area (Å²) >= 11 is 17.8. The Balaban J connectivity index is 2.09. The molecule has 0 unspecified atom stereocenters. The highest BCUT2D eigenvalue weighted by atomic mass is 35.5. The second-order valence-corrected chi connectivity index (χ2v) is 5.98. The van der Waals surface area contributed by atoms with Crippen LogP contribution in [0.15, 0.2) is 36.4 Å². The van der Waals surface area contributed by atoms with E-state index < -0.39 is 6.10 Å². The molecule has 0 aliphatic carbocycles. The van der Waals surface area contributed by atoms with Crippen molar-refractivity contribution in [3.05, 3.63) is 57.0 Å². The summed E-state index contributed by atoms with van der Waals surface area (Å²) in [7, 11) is 0. The van der Waals surface area contributed by atoms with Crippen LogP contribution in [0.3, 0.4) is 0 Å². The van der Waals surface area contributed by atoms with Gasteiger partial charge in [-0.3, -0.25) is 4.79 Å². The molecule has 0 bridgehead atoms. The van der Waals surface area contributed by atoms with E-state index in [9.17, 15) is 4.79 Å². The van der Waals surface area contributed by atoms with Crippen molar-refractivity contribution in [1.29, 1.82) is 0 Å². The Bertz CT molecular complexity index is 704. The van der Waals surface area contributed by atoms with E-state index in [1.54, 1.807) is 6.92 Å². The van der Waals surface area contributed by atoms with Gasteiger partial charge in [-0.1, -0.05) is 53.0 Å². The Hall–Kier alpha value is -1.42. The monoisotopic (exact) mass is 357 g/mol. The maximum atomic E-state index is 12.2. The van der Waals surface area contributed by atoms with E-state index in [1.807, 2.05) is 31.2 Å². The summed E-state index contributed by atoms with van der Waals surface area (Å²) in [6.45, 7) is 3.57. The fourth-order valence-electron chi connectivity index (χ4n) is 1.79. The molecule has 0 heterocycles. The van der Waals surface area contributed by atoms with Crippen LogP contribution >= 0.6 is 34.8 Å². The first-order valence-electron chi connectivity index (χ1n) is 6.56. The number of carbonyl (C=O) groups is 1. The molecule has 2 rings (SSSR count). The lowest BCUT2D eigenvalue weighted by atomic mass is 10.2. The van der Waals surface area contributed by atoms with Crippen molar-refractivity contribution in [3.63, 3.8) is 0 Å². The van der Waals surface area contributed by atoms with Gasteiger partial charge >= 0.3 is 0 Å². The van der Waals surface area contributed by atoms with Gasteiger partial charge in [0.2, 0.25) is 0 Å². The molecule has 6 heteroatoms. The number of rotatable bonds is 4. The van der Waals surface area contributed by atoms with E-state index >= 15 is 0 Å². The minimum atomic E-state index is -0.688. The molecule has 0 saturated heterocycles. The molecule has 2 aromatic carbocycles. The van der Waals surface area contributed by atoms with Gasteiger partial charge in [0.05, 0.1) is 20.8 Å². The van der Waals surface area contributed by atoms with Gasteiger partial charge in [0.15, 0.2) is 6.10 Å². The molecule has 2 aromatic rings. The molecular formula is C16H14Cl3NO2. The molecule has 0 spiro atoms. The summed E-state index contributed by atoms with van der Waals surface area (Å²) < 4.78 is 5.66. The maximum Gasteiger partial charge on any atom is 0.265 e. The smallest absolute Gasteiger partial charge is 0.265 e. The predicted octanol–water partition coefficient (Wildman–Crippen LogP) is 5.36. The molecular weight excluding hydrogens is 345 g/mol. The largest absolute Gasteiger partial charge is 0.481 e. The van der Waals surface area contributed by atoms with Crippen molar-refractivity contribution in [2.75, 3.05) is 5.32 Å². The van der Waals surface area contributed by atoms with Crippen LogP contribution in [0.4, 0.5) is 5.69 Å². The number of benzene rings is 2. The number of anilines is 1. The van der Waals surface area contributed by atoms with Crippen LogP contribution in [0.2, 0.25) is 15.1 Å². The number of nitrogens with one attached hydrogen (secondary N) is 1. The Morgan fingerprint density at radius 1 is 1.09 bits per heavy atom. The number of aryl methyl sites for hydroxylation is 1. The van der Waals surface area contributed by atoms with Crippen LogP contribution in [0, 0.1) is 6.92 Å². The Kier molecular flexibility index (Phi) is 5.57. The first kappa shape index (κ1) is 16.9. The van der Waals surface area contributed by atoms with E-state index in [4.69, 9.17) is 39.5 Å². The lowest BCUT2D eigenvalue weighted by Gasteiger charge is -2.17. The topological polar surface area (TPSA) is 38.3 Å². The zero-order valence-corrected chi connectivity index (χ0v) is 14.3. The zero-order chi connectivity index (χ0) is 16.3. The van der Waals surface area contributed by atoms with Gasteiger partial charge in [0.25, 0.3) is 5.91 Å². The summed E-state index contributed by atoms with van der Waals surface area (Å²) in [4.78, 5) is 12.2. The van der Waals surface area contributed by atoms with Crippen LogP contribution < -0.4 is 10.1 Å². The van der Waals surface area contributed by atoms with Crippen molar-refractivity contribution < 1.29 is 9.53 Å². The molecule has 1 atom stereocenters. The van der Waals surface area contributed by atoms with Gasteiger partial charge < -0.3 is 10.1 Å². The van der Waals surface area contributed by atoms with E-state index in [-0.39, 0.29) is 5.91 Å². The van der Waals surface area contributed by atoms with E-state index in [0.717, 1.165) is 5.56 Å². The summed E-state index contributed by atoms with van der Waals surface area (Å²) in [5.41, 5.74) is 1.34. The molecule has 116 valence electrons. The quantitative estimate of drug-likeness (QED) is 0.747. The van der Waals surface area contributed by atoms with Gasteiger partial charge in [0.1, 0.15) is 5.75 Å². The van der Waals surface area contributed by atoms with Crippen LogP contribution in [0.5, 0.6) is 5.75 Å². The highest BCUT2D eigenvalue weighted by molar-refractivity contribution is 6.44. The number of carbonyl (C=O) groups excluding carboxylic acids is 1. The van der Waals surface area contributed by atoms with Crippen LogP contribution in [0.1, 0.15) is 12.5 Å². The van der Waals surface area contributed by atoms with Crippen molar-refractivity contribution in [2.45, 2.75) is 20.0 Å². The zero-order valence-electron chi connectivity index (χ0n) is 12.0. The molecule has 1 N–H and O–H groups in total. The second kappa shape index (κ2) is 7.23. The first-order chi connectivity index (χ1) is 10.4. The van der Waals surface area contributed by atoms with Gasteiger partial charge in [-0.25, -0.2) is 0 Å². The average Bonchev–Trinajstić information content (AvgIpc) is 2.47. The van der Waals surface area contributed by atoms with E-state index in [1.165, 1.54) is 12.1 Å². The fraction of sp³-hybridized carbons (Fsp3) is 0.188. The highest BCUT2D eigenvalue weighted by Gasteiger charge is 2.17. The number of para-hydroxylation sites is 1. The third-order valence-electron chi connectivity index (χ3n) is 3.03. The van der Waals surface area contributed by atoms with E-state index in [2.05, 4.69) is 5.32 Å². The van der Waals surface area contributed by atoms with Crippen molar-refractivity contribution >= 4 is 46.4 Å². The van der Waals surface area contributed by atoms with Crippen LogP contribution in [-0.4, -0.2) is 12.0 Å². The molecule has 0 aliphatic heterocycles. The normalized spacial score (nSPS) is 11.9. The fourth-order valence-corrected chi connectivity index (χ4v) is 2.38. The number of amides is 1. The maximum absolute atomic E-state index is 12.2. The molecule has 0 saturated carbocycles. The first-order valence-corrected chi connectivity index (χ1v) is 7.69. The van der Waals surface area contributed by atoms with Crippen molar-refractivity contribution in [1.82, 2.24) is 0 Å². The predicted molar refractivity (Wildman–Crippen MR) is 91.4 cm³/mol. The van der Waals surface area contributed by atoms with Crippen molar-refractivity contribution in [2.24, 2.45) is 0 Å². The molecule has 0 fully saturated rings. The number of hydrogen-bond donors (Lipinski definition) is 1. The second-order valence-electron chi connectivity index (χ2n) is 4.76. The Morgan fingerprint density at radius 2 is 1.73 bits per heavy atom. The van der Waals surface area contributed by atoms with Gasteiger partial charge in [-0.2, -0.15) is 0 Å². The van der Waals surface area contributed by atoms with E-state index in [0.29, 0.717) is 26.5 Å². The third-order valence-corrected chi connectivity index (χ3v) is 4.07. The van der Waals surface area contributed by atoms with Crippen LogP contribution in [0.25, 0.3) is 0 Å². The minimum Gasteiger partial charge on any atom is -0.481 e.